The van der Waals surface area contributed by atoms with Crippen molar-refractivity contribution in [1.82, 2.24) is 5.32 Å². The van der Waals surface area contributed by atoms with Crippen molar-refractivity contribution in [1.29, 1.82) is 0 Å². The first-order valence-corrected chi connectivity index (χ1v) is 16.8. The van der Waals surface area contributed by atoms with Crippen LogP contribution in [0, 0.1) is 0 Å². The van der Waals surface area contributed by atoms with Crippen LogP contribution in [0.2, 0.25) is 0 Å². The summed E-state index contributed by atoms with van der Waals surface area (Å²) in [6, 6.07) is 0. The van der Waals surface area contributed by atoms with Crippen LogP contribution in [0.25, 0.3) is 0 Å². The Morgan fingerprint density at radius 1 is 0.286 bits per heavy atom. The normalized spacial score (nSPS) is 11.6. The van der Waals surface area contributed by atoms with E-state index < -0.39 is 0 Å². The van der Waals surface area contributed by atoms with Crippen LogP contribution in [0.5, 0.6) is 0 Å². The maximum absolute atomic E-state index is 5.65. The molecular weight excluding hydrogens is 542 g/mol. The van der Waals surface area contributed by atoms with Crippen molar-refractivity contribution in [3.8, 4) is 0 Å². The van der Waals surface area contributed by atoms with E-state index in [4.69, 9.17) is 42.6 Å². The Morgan fingerprint density at radius 3 is 0.810 bits per heavy atom. The van der Waals surface area contributed by atoms with Crippen LogP contribution < -0.4 is 5.32 Å². The molecule has 0 aromatic carbocycles. The van der Waals surface area contributed by atoms with Crippen molar-refractivity contribution < 1.29 is 42.6 Å². The van der Waals surface area contributed by atoms with E-state index in [0.29, 0.717) is 112 Å². The number of nitrogens with one attached hydrogen (secondary N) is 1. The Balaban J connectivity index is 3.02. The monoisotopic (exact) mass is 609 g/mol. The summed E-state index contributed by atoms with van der Waals surface area (Å²) < 4.78 is 49.4. The molecule has 0 rings (SSSR count). The first-order chi connectivity index (χ1) is 20.9. The van der Waals surface area contributed by atoms with Gasteiger partial charge in [0.25, 0.3) is 0 Å². The number of likely N-dealkylation sites (N-methyl/N-ethyl adjacent to an activating group) is 1. The Hall–Kier alpha value is -0.400. The zero-order valence-electron chi connectivity index (χ0n) is 27.4. The summed E-state index contributed by atoms with van der Waals surface area (Å²) in [5.74, 6) is 0. The SMILES string of the molecule is CCCCCCCCCCCCCOCCOCCOCCOCCOCCOCCOCCOCCOCCNC. The van der Waals surface area contributed by atoms with Gasteiger partial charge in [-0.3, -0.25) is 0 Å². The zero-order chi connectivity index (χ0) is 30.3. The van der Waals surface area contributed by atoms with Gasteiger partial charge >= 0.3 is 0 Å². The third kappa shape index (κ3) is 39.6. The summed E-state index contributed by atoms with van der Waals surface area (Å²) in [4.78, 5) is 0. The highest BCUT2D eigenvalue weighted by atomic mass is 16.6. The Kier molecular flexibility index (Phi) is 40.2. The van der Waals surface area contributed by atoms with Gasteiger partial charge in [-0.05, 0) is 13.5 Å². The molecule has 10 nitrogen and oxygen atoms in total. The van der Waals surface area contributed by atoms with Gasteiger partial charge in [0.15, 0.2) is 0 Å². The van der Waals surface area contributed by atoms with Gasteiger partial charge in [-0.1, -0.05) is 71.1 Å². The third-order valence-electron chi connectivity index (χ3n) is 6.36. The average molecular weight is 610 g/mol. The molecule has 1 N–H and O–H groups in total. The molecule has 0 saturated heterocycles. The molecule has 0 aromatic rings. The van der Waals surface area contributed by atoms with Crippen LogP contribution in [0.4, 0.5) is 0 Å². The molecule has 0 atom stereocenters. The third-order valence-corrected chi connectivity index (χ3v) is 6.36. The van der Waals surface area contributed by atoms with Gasteiger partial charge in [-0.15, -0.1) is 0 Å². The van der Waals surface area contributed by atoms with E-state index in [1.54, 1.807) is 0 Å². The fourth-order valence-electron chi connectivity index (χ4n) is 3.90. The molecule has 254 valence electrons. The second-order valence-corrected chi connectivity index (χ2v) is 10.2. The molecule has 0 aliphatic rings. The van der Waals surface area contributed by atoms with Crippen LogP contribution in [0.3, 0.4) is 0 Å². The smallest absolute Gasteiger partial charge is 0.0701 e. The van der Waals surface area contributed by atoms with Crippen molar-refractivity contribution in [2.24, 2.45) is 0 Å². The molecule has 0 heterocycles. The van der Waals surface area contributed by atoms with Crippen molar-refractivity contribution in [3.05, 3.63) is 0 Å². The predicted molar refractivity (Wildman–Crippen MR) is 168 cm³/mol. The highest BCUT2D eigenvalue weighted by molar-refractivity contribution is 4.48. The molecule has 0 fully saturated rings. The second kappa shape index (κ2) is 40.6. The minimum atomic E-state index is 0.539. The van der Waals surface area contributed by atoms with Gasteiger partial charge in [0.2, 0.25) is 0 Å². The standard InChI is InChI=1S/C32H67NO9/c1-3-4-5-6-7-8-9-10-11-12-13-15-34-17-19-36-21-23-38-25-27-40-29-31-42-32-30-41-28-26-39-24-22-37-20-18-35-16-14-33-2/h33H,3-32H2,1-2H3. The number of unbranched alkanes of at least 4 members (excludes halogenated alkanes) is 10. The fraction of sp³-hybridized carbons (Fsp3) is 1.00. The summed E-state index contributed by atoms with van der Waals surface area (Å²) in [5, 5.41) is 3.02. The van der Waals surface area contributed by atoms with Gasteiger partial charge in [0.1, 0.15) is 0 Å². The number of hydrogen-bond acceptors (Lipinski definition) is 10. The number of ether oxygens (including phenoxy) is 9. The van der Waals surface area contributed by atoms with Crippen LogP contribution in [-0.2, 0) is 42.6 Å². The molecule has 0 radical (unpaired) electrons. The van der Waals surface area contributed by atoms with Gasteiger partial charge in [0, 0.05) is 13.2 Å². The number of rotatable bonds is 39. The number of hydrogen-bond donors (Lipinski definition) is 1. The fourth-order valence-corrected chi connectivity index (χ4v) is 3.90. The molecule has 10 heteroatoms. The van der Waals surface area contributed by atoms with Gasteiger partial charge in [-0.2, -0.15) is 0 Å². The molecular formula is C32H67NO9. The first-order valence-electron chi connectivity index (χ1n) is 16.8. The summed E-state index contributed by atoms with van der Waals surface area (Å²) in [5.41, 5.74) is 0. The van der Waals surface area contributed by atoms with E-state index in [-0.39, 0.29) is 0 Å². The van der Waals surface area contributed by atoms with Gasteiger partial charge in [0.05, 0.1) is 112 Å². The van der Waals surface area contributed by atoms with Crippen LogP contribution in [-0.4, -0.2) is 133 Å². The quantitative estimate of drug-likeness (QED) is 0.0992. The van der Waals surface area contributed by atoms with E-state index in [1.807, 2.05) is 7.05 Å². The second-order valence-electron chi connectivity index (χ2n) is 10.2. The van der Waals surface area contributed by atoms with E-state index in [1.165, 1.54) is 64.2 Å². The van der Waals surface area contributed by atoms with Crippen LogP contribution >= 0.6 is 0 Å². The van der Waals surface area contributed by atoms with Crippen molar-refractivity contribution in [3.63, 3.8) is 0 Å². The van der Waals surface area contributed by atoms with E-state index in [9.17, 15) is 0 Å². The Labute approximate surface area is 258 Å². The lowest BCUT2D eigenvalue weighted by Crippen LogP contribution is -2.17. The molecule has 0 aliphatic heterocycles. The highest BCUT2D eigenvalue weighted by Gasteiger charge is 1.97. The molecule has 0 bridgehead atoms. The molecule has 0 spiro atoms. The highest BCUT2D eigenvalue weighted by Crippen LogP contribution is 2.11. The van der Waals surface area contributed by atoms with Gasteiger partial charge < -0.3 is 47.9 Å². The molecule has 0 unspecified atom stereocenters. The predicted octanol–water partition coefficient (Wildman–Crippen LogP) is 4.67. The van der Waals surface area contributed by atoms with E-state index >= 15 is 0 Å². The largest absolute Gasteiger partial charge is 0.379 e. The van der Waals surface area contributed by atoms with Crippen molar-refractivity contribution in [2.75, 3.05) is 133 Å². The minimum absolute atomic E-state index is 0.539. The zero-order valence-corrected chi connectivity index (χ0v) is 27.4. The summed E-state index contributed by atoms with van der Waals surface area (Å²) in [6.45, 7) is 13.7. The molecule has 42 heavy (non-hydrogen) atoms. The molecule has 0 amide bonds. The van der Waals surface area contributed by atoms with Crippen LogP contribution in [0.1, 0.15) is 77.6 Å². The van der Waals surface area contributed by atoms with E-state index in [0.717, 1.165) is 19.6 Å². The maximum atomic E-state index is 5.65. The van der Waals surface area contributed by atoms with Crippen LogP contribution in [0.15, 0.2) is 0 Å². The molecule has 0 aromatic heterocycles. The topological polar surface area (TPSA) is 95.1 Å². The van der Waals surface area contributed by atoms with Crippen molar-refractivity contribution >= 4 is 0 Å². The summed E-state index contributed by atoms with van der Waals surface area (Å²) >= 11 is 0. The lowest BCUT2D eigenvalue weighted by atomic mass is 10.1. The Morgan fingerprint density at radius 2 is 0.524 bits per heavy atom. The Bertz CT molecular complexity index is 424. The van der Waals surface area contributed by atoms with Gasteiger partial charge in [-0.25, -0.2) is 0 Å². The first kappa shape index (κ1) is 41.6. The summed E-state index contributed by atoms with van der Waals surface area (Å²) in [7, 11) is 1.90. The summed E-state index contributed by atoms with van der Waals surface area (Å²) in [6.07, 6.45) is 14.9. The average Bonchev–Trinajstić information content (AvgIpc) is 3.00. The molecule has 0 saturated carbocycles. The van der Waals surface area contributed by atoms with E-state index in [2.05, 4.69) is 12.2 Å². The maximum Gasteiger partial charge on any atom is 0.0701 e. The minimum Gasteiger partial charge on any atom is -0.379 e. The lowest BCUT2D eigenvalue weighted by Gasteiger charge is -2.09. The van der Waals surface area contributed by atoms with Crippen molar-refractivity contribution in [2.45, 2.75) is 77.6 Å². The molecule has 0 aliphatic carbocycles. The lowest BCUT2D eigenvalue weighted by molar-refractivity contribution is -0.0249.